The van der Waals surface area contributed by atoms with E-state index in [0.29, 0.717) is 17.9 Å². The Morgan fingerprint density at radius 3 is 2.67 bits per heavy atom. The van der Waals surface area contributed by atoms with Crippen molar-refractivity contribution in [3.63, 3.8) is 0 Å². The summed E-state index contributed by atoms with van der Waals surface area (Å²) in [6.07, 6.45) is 1.93. The molecule has 1 aliphatic rings. The van der Waals surface area contributed by atoms with Gasteiger partial charge < -0.3 is 10.1 Å². The zero-order valence-corrected chi connectivity index (χ0v) is 14.8. The average molecular weight is 344 g/mol. The standard InChI is InChI=1S/C20H22ClNO2/c1-20(2)13-17(16-5-3-4-6-18(16)24-20)22-19(23)12-9-14-7-10-15(21)11-8-14/h3-8,10-11,17H,9,12-13H2,1-2H3,(H,22,23). The van der Waals surface area contributed by atoms with Crippen LogP contribution in [0.25, 0.3) is 0 Å². The first-order valence-corrected chi connectivity index (χ1v) is 8.62. The molecule has 126 valence electrons. The van der Waals surface area contributed by atoms with E-state index in [2.05, 4.69) is 19.2 Å². The maximum Gasteiger partial charge on any atom is 0.220 e. The Morgan fingerprint density at radius 1 is 1.21 bits per heavy atom. The minimum atomic E-state index is -0.289. The van der Waals surface area contributed by atoms with Gasteiger partial charge in [0.1, 0.15) is 11.4 Å². The van der Waals surface area contributed by atoms with Gasteiger partial charge in [-0.2, -0.15) is 0 Å². The van der Waals surface area contributed by atoms with Crippen molar-refractivity contribution in [3.8, 4) is 5.75 Å². The highest BCUT2D eigenvalue weighted by atomic mass is 35.5. The Balaban J connectivity index is 1.64. The van der Waals surface area contributed by atoms with Crippen LogP contribution in [0.2, 0.25) is 5.02 Å². The zero-order chi connectivity index (χ0) is 17.2. The smallest absolute Gasteiger partial charge is 0.220 e. The van der Waals surface area contributed by atoms with E-state index < -0.39 is 0 Å². The van der Waals surface area contributed by atoms with Gasteiger partial charge in [-0.15, -0.1) is 0 Å². The molecule has 0 aliphatic carbocycles. The zero-order valence-electron chi connectivity index (χ0n) is 14.0. The first-order valence-electron chi connectivity index (χ1n) is 8.25. The number of benzene rings is 2. The number of carbonyl (C=O) groups is 1. The quantitative estimate of drug-likeness (QED) is 0.874. The minimum Gasteiger partial charge on any atom is -0.487 e. The fourth-order valence-electron chi connectivity index (χ4n) is 3.11. The lowest BCUT2D eigenvalue weighted by Gasteiger charge is -2.37. The molecular formula is C20H22ClNO2. The summed E-state index contributed by atoms with van der Waals surface area (Å²) >= 11 is 5.89. The van der Waals surface area contributed by atoms with Crippen LogP contribution in [0, 0.1) is 0 Å². The third-order valence-corrected chi connectivity index (χ3v) is 4.52. The highest BCUT2D eigenvalue weighted by Gasteiger charge is 2.34. The van der Waals surface area contributed by atoms with Gasteiger partial charge in [-0.3, -0.25) is 4.79 Å². The monoisotopic (exact) mass is 343 g/mol. The van der Waals surface area contributed by atoms with Crippen LogP contribution in [0.15, 0.2) is 48.5 Å². The Labute approximate surface area is 148 Å². The minimum absolute atomic E-state index is 0.0114. The van der Waals surface area contributed by atoms with Gasteiger partial charge in [0.05, 0.1) is 6.04 Å². The van der Waals surface area contributed by atoms with Crippen LogP contribution < -0.4 is 10.1 Å². The lowest BCUT2D eigenvalue weighted by molar-refractivity contribution is -0.122. The van der Waals surface area contributed by atoms with Crippen LogP contribution in [0.4, 0.5) is 0 Å². The second-order valence-corrected chi connectivity index (χ2v) is 7.29. The molecule has 1 atom stereocenters. The van der Waals surface area contributed by atoms with Gasteiger partial charge in [-0.1, -0.05) is 41.9 Å². The van der Waals surface area contributed by atoms with E-state index in [1.807, 2.05) is 48.5 Å². The number of para-hydroxylation sites is 1. The number of rotatable bonds is 4. The van der Waals surface area contributed by atoms with E-state index in [1.165, 1.54) is 0 Å². The summed E-state index contributed by atoms with van der Waals surface area (Å²) in [7, 11) is 0. The van der Waals surface area contributed by atoms with Crippen LogP contribution in [-0.2, 0) is 11.2 Å². The molecular weight excluding hydrogens is 322 g/mol. The molecule has 1 heterocycles. The van der Waals surface area contributed by atoms with Crippen LogP contribution in [0.5, 0.6) is 5.75 Å². The van der Waals surface area contributed by atoms with Gasteiger partial charge in [0.15, 0.2) is 0 Å². The summed E-state index contributed by atoms with van der Waals surface area (Å²) in [5, 5.41) is 3.88. The number of nitrogens with one attached hydrogen (secondary N) is 1. The van der Waals surface area contributed by atoms with Crippen LogP contribution >= 0.6 is 11.6 Å². The normalized spacial score (nSPS) is 18.4. The largest absolute Gasteiger partial charge is 0.487 e. The average Bonchev–Trinajstić information content (AvgIpc) is 2.53. The van der Waals surface area contributed by atoms with Crippen molar-refractivity contribution >= 4 is 17.5 Å². The molecule has 1 unspecified atom stereocenters. The molecule has 0 bridgehead atoms. The molecule has 2 aromatic carbocycles. The fraction of sp³-hybridized carbons (Fsp3) is 0.350. The summed E-state index contributed by atoms with van der Waals surface area (Å²) in [5.41, 5.74) is 1.88. The van der Waals surface area contributed by atoms with E-state index >= 15 is 0 Å². The molecule has 1 amide bonds. The Bertz CT molecular complexity index is 725. The topological polar surface area (TPSA) is 38.3 Å². The van der Waals surface area contributed by atoms with Gasteiger partial charge in [-0.05, 0) is 44.0 Å². The molecule has 0 aromatic heterocycles. The summed E-state index contributed by atoms with van der Waals surface area (Å²) < 4.78 is 6.01. The maximum absolute atomic E-state index is 12.4. The van der Waals surface area contributed by atoms with E-state index in [9.17, 15) is 4.79 Å². The van der Waals surface area contributed by atoms with Crippen molar-refractivity contribution in [1.82, 2.24) is 5.32 Å². The summed E-state index contributed by atoms with van der Waals surface area (Å²) in [6, 6.07) is 15.5. The molecule has 0 radical (unpaired) electrons. The van der Waals surface area contributed by atoms with Gasteiger partial charge in [0, 0.05) is 23.4 Å². The second-order valence-electron chi connectivity index (χ2n) is 6.85. The summed E-state index contributed by atoms with van der Waals surface area (Å²) in [5.74, 6) is 0.916. The molecule has 1 N–H and O–H groups in total. The summed E-state index contributed by atoms with van der Waals surface area (Å²) in [6.45, 7) is 4.10. The van der Waals surface area contributed by atoms with Gasteiger partial charge >= 0.3 is 0 Å². The fourth-order valence-corrected chi connectivity index (χ4v) is 3.23. The van der Waals surface area contributed by atoms with Crippen LogP contribution in [-0.4, -0.2) is 11.5 Å². The number of aryl methyl sites for hydroxylation is 1. The van der Waals surface area contributed by atoms with Crippen molar-refractivity contribution in [2.75, 3.05) is 0 Å². The highest BCUT2D eigenvalue weighted by Crippen LogP contribution is 2.39. The maximum atomic E-state index is 12.4. The Kier molecular flexibility index (Phi) is 4.81. The van der Waals surface area contributed by atoms with E-state index in [1.54, 1.807) is 0 Å². The SMILES string of the molecule is CC1(C)CC(NC(=O)CCc2ccc(Cl)cc2)c2ccccc2O1. The Hall–Kier alpha value is -2.00. The van der Waals surface area contributed by atoms with E-state index in [-0.39, 0.29) is 17.6 Å². The van der Waals surface area contributed by atoms with E-state index in [0.717, 1.165) is 23.3 Å². The first kappa shape index (κ1) is 16.8. The number of hydrogen-bond donors (Lipinski definition) is 1. The first-order chi connectivity index (χ1) is 11.4. The lowest BCUT2D eigenvalue weighted by atomic mass is 9.89. The van der Waals surface area contributed by atoms with Gasteiger partial charge in [0.25, 0.3) is 0 Å². The Morgan fingerprint density at radius 2 is 1.92 bits per heavy atom. The highest BCUT2D eigenvalue weighted by molar-refractivity contribution is 6.30. The number of fused-ring (bicyclic) bond motifs is 1. The second kappa shape index (κ2) is 6.86. The third kappa shape index (κ3) is 4.09. The van der Waals surface area contributed by atoms with Crippen LogP contribution in [0.1, 0.15) is 43.9 Å². The summed E-state index contributed by atoms with van der Waals surface area (Å²) in [4.78, 5) is 12.4. The van der Waals surface area contributed by atoms with Crippen molar-refractivity contribution < 1.29 is 9.53 Å². The molecule has 2 aromatic rings. The molecule has 1 aliphatic heterocycles. The lowest BCUT2D eigenvalue weighted by Crippen LogP contribution is -2.41. The number of halogens is 1. The molecule has 4 heteroatoms. The van der Waals surface area contributed by atoms with Crippen molar-refractivity contribution in [2.45, 2.75) is 44.8 Å². The third-order valence-electron chi connectivity index (χ3n) is 4.27. The predicted octanol–water partition coefficient (Wildman–Crippen LogP) is 4.69. The molecule has 0 fully saturated rings. The molecule has 0 saturated heterocycles. The van der Waals surface area contributed by atoms with Crippen molar-refractivity contribution in [3.05, 3.63) is 64.7 Å². The van der Waals surface area contributed by atoms with E-state index in [4.69, 9.17) is 16.3 Å². The van der Waals surface area contributed by atoms with Gasteiger partial charge in [0.2, 0.25) is 5.91 Å². The molecule has 0 spiro atoms. The number of carbonyl (C=O) groups excluding carboxylic acids is 1. The number of amides is 1. The molecule has 0 saturated carbocycles. The van der Waals surface area contributed by atoms with Crippen molar-refractivity contribution in [1.29, 1.82) is 0 Å². The molecule has 24 heavy (non-hydrogen) atoms. The number of ether oxygens (including phenoxy) is 1. The molecule has 3 nitrogen and oxygen atoms in total. The van der Waals surface area contributed by atoms with Gasteiger partial charge in [-0.25, -0.2) is 0 Å². The number of hydrogen-bond acceptors (Lipinski definition) is 2. The van der Waals surface area contributed by atoms with Crippen LogP contribution in [0.3, 0.4) is 0 Å². The van der Waals surface area contributed by atoms with Crippen molar-refractivity contribution in [2.24, 2.45) is 0 Å². The molecule has 3 rings (SSSR count). The predicted molar refractivity (Wildman–Crippen MR) is 96.4 cm³/mol.